The number of carbonyl (C=O) groups excluding carboxylic acids is 1. The van der Waals surface area contributed by atoms with Crippen LogP contribution in [0.4, 0.5) is 13.6 Å². The summed E-state index contributed by atoms with van der Waals surface area (Å²) in [4.78, 5) is 25.4. The smallest absolute Gasteiger partial charge is 0.407 e. The number of alkyl carbamates (subject to hydrolysis) is 1. The molecule has 1 atom stereocenters. The number of amides is 1. The lowest BCUT2D eigenvalue weighted by Gasteiger charge is -2.39. The molecule has 0 aromatic carbocycles. The number of hydrogen-bond donors (Lipinski definition) is 2. The van der Waals surface area contributed by atoms with E-state index in [1.165, 1.54) is 0 Å². The number of imidazole rings is 1. The quantitative estimate of drug-likeness (QED) is 0.640. The third-order valence-electron chi connectivity index (χ3n) is 5.60. The Morgan fingerprint density at radius 2 is 2.27 bits per heavy atom. The molecule has 30 heavy (non-hydrogen) atoms. The summed E-state index contributed by atoms with van der Waals surface area (Å²) < 4.78 is 37.0. The summed E-state index contributed by atoms with van der Waals surface area (Å²) in [5.41, 5.74) is 1.86. The molecule has 0 bridgehead atoms. The van der Waals surface area contributed by atoms with Crippen LogP contribution in [-0.2, 0) is 11.2 Å². The van der Waals surface area contributed by atoms with Gasteiger partial charge in [-0.25, -0.2) is 23.5 Å². The molecule has 0 saturated carbocycles. The number of likely N-dealkylation sites (tertiary alicyclic amines) is 1. The van der Waals surface area contributed by atoms with E-state index >= 15 is 8.78 Å². The van der Waals surface area contributed by atoms with Gasteiger partial charge in [0.2, 0.25) is 0 Å². The van der Waals surface area contributed by atoms with Crippen molar-refractivity contribution in [2.24, 2.45) is 0 Å². The highest BCUT2D eigenvalue weighted by atomic mass is 19.3. The lowest BCUT2D eigenvalue weighted by Crippen LogP contribution is -2.49. The first-order chi connectivity index (χ1) is 14.4. The van der Waals surface area contributed by atoms with Gasteiger partial charge in [0, 0.05) is 31.1 Å². The second-order valence-corrected chi connectivity index (χ2v) is 7.46. The van der Waals surface area contributed by atoms with Gasteiger partial charge in [0.25, 0.3) is 5.92 Å². The number of ether oxygens (including phenoxy) is 1. The number of halogens is 2. The third kappa shape index (κ3) is 3.71. The molecule has 1 unspecified atom stereocenters. The Balaban J connectivity index is 1.75. The first kappa shape index (κ1) is 20.5. The molecule has 1 amide bonds. The second kappa shape index (κ2) is 8.17. The number of nitrogens with one attached hydrogen (secondary N) is 2. The summed E-state index contributed by atoms with van der Waals surface area (Å²) in [6, 6.07) is 0.825. The van der Waals surface area contributed by atoms with E-state index in [9.17, 15) is 4.79 Å². The maximum absolute atomic E-state index is 15.3. The minimum Gasteiger partial charge on any atom is -0.450 e. The fraction of sp³-hybridized carbons (Fsp3) is 0.550. The van der Waals surface area contributed by atoms with Crippen molar-refractivity contribution < 1.29 is 18.3 Å². The molecule has 1 fully saturated rings. The predicted octanol–water partition coefficient (Wildman–Crippen LogP) is 3.10. The third-order valence-corrected chi connectivity index (χ3v) is 5.60. The second-order valence-electron chi connectivity index (χ2n) is 7.46. The Kier molecular flexibility index (Phi) is 5.59. The first-order valence-corrected chi connectivity index (χ1v) is 10.3. The summed E-state index contributed by atoms with van der Waals surface area (Å²) in [6.07, 6.45) is 3.44. The van der Waals surface area contributed by atoms with Crippen LogP contribution in [0.15, 0.2) is 18.5 Å². The lowest BCUT2D eigenvalue weighted by molar-refractivity contribution is -0.102. The van der Waals surface area contributed by atoms with Crippen molar-refractivity contribution in [3.05, 3.63) is 24.3 Å². The summed E-state index contributed by atoms with van der Waals surface area (Å²) in [7, 11) is 0. The van der Waals surface area contributed by atoms with Gasteiger partial charge in [0.1, 0.15) is 23.0 Å². The molecule has 3 aromatic heterocycles. The van der Waals surface area contributed by atoms with Crippen molar-refractivity contribution in [1.29, 1.82) is 0 Å². The van der Waals surface area contributed by atoms with E-state index in [-0.39, 0.29) is 19.7 Å². The van der Waals surface area contributed by atoms with Gasteiger partial charge in [0.05, 0.1) is 24.9 Å². The van der Waals surface area contributed by atoms with Crippen LogP contribution in [-0.4, -0.2) is 69.2 Å². The number of carbonyl (C=O) groups is 1. The topological polar surface area (TPSA) is 88.1 Å². The zero-order chi connectivity index (χ0) is 21.3. The minimum absolute atomic E-state index is 0.241. The standard InChI is InChI=1S/C20H26F2N6O2/c1-3-27-10-7-15(20(21,22)12-27)28-16(6-9-24-19(29)30-4-2)26-14-11-25-18-13(17(14)28)5-8-23-18/h5,8,11,15H,3-4,6-7,9-10,12H2,1-2H3,(H,23,25)(H,24,29). The molecule has 10 heteroatoms. The molecule has 2 N–H and O–H groups in total. The molecule has 1 aliphatic rings. The van der Waals surface area contributed by atoms with Crippen molar-refractivity contribution in [2.45, 2.75) is 38.7 Å². The number of fused-ring (bicyclic) bond motifs is 3. The maximum Gasteiger partial charge on any atom is 0.407 e. The number of pyridine rings is 1. The molecule has 0 spiro atoms. The monoisotopic (exact) mass is 420 g/mol. The summed E-state index contributed by atoms with van der Waals surface area (Å²) in [5.74, 6) is -2.40. The number of alkyl halides is 2. The fourth-order valence-electron chi connectivity index (χ4n) is 4.20. The van der Waals surface area contributed by atoms with E-state index in [1.54, 1.807) is 28.8 Å². The van der Waals surface area contributed by atoms with E-state index in [4.69, 9.17) is 4.74 Å². The van der Waals surface area contributed by atoms with Gasteiger partial charge in [-0.1, -0.05) is 6.92 Å². The molecule has 4 heterocycles. The van der Waals surface area contributed by atoms with Gasteiger partial charge in [-0.15, -0.1) is 0 Å². The highest BCUT2D eigenvalue weighted by Crippen LogP contribution is 2.40. The number of piperidine rings is 1. The Morgan fingerprint density at radius 1 is 1.43 bits per heavy atom. The fourth-order valence-corrected chi connectivity index (χ4v) is 4.20. The van der Waals surface area contributed by atoms with Gasteiger partial charge >= 0.3 is 6.09 Å². The Morgan fingerprint density at radius 3 is 3.00 bits per heavy atom. The van der Waals surface area contributed by atoms with Crippen molar-refractivity contribution in [1.82, 2.24) is 29.7 Å². The molecule has 162 valence electrons. The summed E-state index contributed by atoms with van der Waals surface area (Å²) in [5, 5.41) is 3.41. The van der Waals surface area contributed by atoms with Gasteiger partial charge < -0.3 is 19.6 Å². The molecular formula is C20H26F2N6O2. The molecule has 0 radical (unpaired) electrons. The zero-order valence-electron chi connectivity index (χ0n) is 17.1. The number of aromatic amines is 1. The zero-order valence-corrected chi connectivity index (χ0v) is 17.1. The van der Waals surface area contributed by atoms with Gasteiger partial charge in [-0.3, -0.25) is 4.90 Å². The van der Waals surface area contributed by atoms with E-state index in [1.807, 2.05) is 13.0 Å². The van der Waals surface area contributed by atoms with E-state index in [0.717, 1.165) is 5.39 Å². The maximum atomic E-state index is 15.3. The van der Waals surface area contributed by atoms with E-state index in [2.05, 4.69) is 20.3 Å². The highest BCUT2D eigenvalue weighted by molar-refractivity contribution is 6.01. The van der Waals surface area contributed by atoms with Crippen LogP contribution in [0.25, 0.3) is 22.1 Å². The van der Waals surface area contributed by atoms with Crippen LogP contribution in [0.5, 0.6) is 0 Å². The van der Waals surface area contributed by atoms with Crippen LogP contribution in [0, 0.1) is 0 Å². The normalized spacial score (nSPS) is 19.4. The SMILES string of the molecule is CCOC(=O)NCCc1nc2cnc3[nH]ccc3c2n1C1CCN(CC)CC1(F)F. The number of nitrogens with zero attached hydrogens (tertiary/aromatic N) is 4. The Labute approximate surface area is 172 Å². The Bertz CT molecular complexity index is 1050. The number of rotatable bonds is 6. The average molecular weight is 420 g/mol. The largest absolute Gasteiger partial charge is 0.450 e. The minimum atomic E-state index is -2.91. The van der Waals surface area contributed by atoms with E-state index in [0.29, 0.717) is 48.4 Å². The summed E-state index contributed by atoms with van der Waals surface area (Å²) >= 11 is 0. The molecule has 1 aliphatic heterocycles. The van der Waals surface area contributed by atoms with Crippen molar-refractivity contribution in [3.8, 4) is 0 Å². The number of H-pyrrole nitrogens is 1. The van der Waals surface area contributed by atoms with Crippen molar-refractivity contribution in [3.63, 3.8) is 0 Å². The van der Waals surface area contributed by atoms with Crippen LogP contribution in [0.3, 0.4) is 0 Å². The van der Waals surface area contributed by atoms with Gasteiger partial charge in [-0.05, 0) is 26.0 Å². The van der Waals surface area contributed by atoms with Crippen molar-refractivity contribution >= 4 is 28.2 Å². The molecule has 3 aromatic rings. The molecule has 4 rings (SSSR count). The lowest BCUT2D eigenvalue weighted by atomic mass is 9.99. The van der Waals surface area contributed by atoms with Gasteiger partial charge in [0.15, 0.2) is 0 Å². The molecular weight excluding hydrogens is 394 g/mol. The van der Waals surface area contributed by atoms with Crippen LogP contribution < -0.4 is 5.32 Å². The molecule has 8 nitrogen and oxygen atoms in total. The van der Waals surface area contributed by atoms with Crippen LogP contribution >= 0.6 is 0 Å². The van der Waals surface area contributed by atoms with Crippen LogP contribution in [0.2, 0.25) is 0 Å². The van der Waals surface area contributed by atoms with Crippen molar-refractivity contribution in [2.75, 3.05) is 32.8 Å². The van der Waals surface area contributed by atoms with Gasteiger partial charge in [-0.2, -0.15) is 0 Å². The molecule has 1 saturated heterocycles. The first-order valence-electron chi connectivity index (χ1n) is 10.3. The molecule has 0 aliphatic carbocycles. The van der Waals surface area contributed by atoms with E-state index < -0.39 is 18.1 Å². The predicted molar refractivity (Wildman–Crippen MR) is 109 cm³/mol. The van der Waals surface area contributed by atoms with Crippen LogP contribution in [0.1, 0.15) is 32.1 Å². The number of hydrogen-bond acceptors (Lipinski definition) is 5. The number of aromatic nitrogens is 4. The summed E-state index contributed by atoms with van der Waals surface area (Å²) in [6.45, 7) is 5.03. The Hall–Kier alpha value is -2.75. The average Bonchev–Trinajstić information content (AvgIpc) is 3.31. The highest BCUT2D eigenvalue weighted by Gasteiger charge is 2.46.